The normalized spacial score (nSPS) is 10.1. The molecule has 0 radical (unpaired) electrons. The number of H-pyrrole nitrogens is 1. The van der Waals surface area contributed by atoms with Gasteiger partial charge in [0.25, 0.3) is 5.56 Å². The summed E-state index contributed by atoms with van der Waals surface area (Å²) in [5, 5.41) is 0. The van der Waals surface area contributed by atoms with Crippen molar-refractivity contribution in [1.82, 2.24) is 9.97 Å². The third-order valence-electron chi connectivity index (χ3n) is 2.28. The Bertz CT molecular complexity index is 573. The molecule has 2 aromatic rings. The van der Waals surface area contributed by atoms with E-state index in [1.807, 2.05) is 0 Å². The highest BCUT2D eigenvalue weighted by Crippen LogP contribution is 2.13. The molecule has 0 amide bonds. The Balaban J connectivity index is 2.51. The number of hydrogen-bond acceptors (Lipinski definition) is 3. The van der Waals surface area contributed by atoms with Crippen LogP contribution in [-0.4, -0.2) is 15.8 Å². The lowest BCUT2D eigenvalue weighted by Gasteiger charge is -2.01. The van der Waals surface area contributed by atoms with Crippen LogP contribution in [0.5, 0.6) is 0 Å². The molecule has 0 atom stereocenters. The molecular weight excluding hydrogens is 204 g/mol. The van der Waals surface area contributed by atoms with E-state index in [0.717, 1.165) is 5.56 Å². The molecule has 80 valence electrons. The summed E-state index contributed by atoms with van der Waals surface area (Å²) in [6.45, 7) is 1.37. The lowest BCUT2D eigenvalue weighted by atomic mass is 10.1. The molecule has 4 nitrogen and oxygen atoms in total. The maximum absolute atomic E-state index is 11.6. The van der Waals surface area contributed by atoms with Gasteiger partial charge in [0.05, 0.1) is 5.56 Å². The first-order valence-electron chi connectivity index (χ1n) is 4.83. The van der Waals surface area contributed by atoms with Crippen molar-refractivity contribution in [2.24, 2.45) is 0 Å². The Kier molecular flexibility index (Phi) is 2.64. The van der Waals surface area contributed by atoms with E-state index < -0.39 is 0 Å². The number of aromatic nitrogens is 2. The van der Waals surface area contributed by atoms with E-state index in [2.05, 4.69) is 9.97 Å². The van der Waals surface area contributed by atoms with Gasteiger partial charge in [0.1, 0.15) is 0 Å². The van der Waals surface area contributed by atoms with Crippen LogP contribution in [0.15, 0.2) is 41.5 Å². The number of rotatable bonds is 2. The molecule has 0 unspecified atom stereocenters. The Morgan fingerprint density at radius 2 is 1.88 bits per heavy atom. The summed E-state index contributed by atoms with van der Waals surface area (Å²) < 4.78 is 0. The topological polar surface area (TPSA) is 62.8 Å². The van der Waals surface area contributed by atoms with Crippen LogP contribution < -0.4 is 5.56 Å². The van der Waals surface area contributed by atoms with E-state index in [9.17, 15) is 9.59 Å². The first kappa shape index (κ1) is 10.3. The average Bonchev–Trinajstić information content (AvgIpc) is 2.29. The van der Waals surface area contributed by atoms with E-state index in [4.69, 9.17) is 0 Å². The van der Waals surface area contributed by atoms with Gasteiger partial charge in [0.2, 0.25) is 0 Å². The lowest BCUT2D eigenvalue weighted by Crippen LogP contribution is -2.15. The molecule has 2 rings (SSSR count). The summed E-state index contributed by atoms with van der Waals surface area (Å²) >= 11 is 0. The predicted molar refractivity (Wildman–Crippen MR) is 60.3 cm³/mol. The van der Waals surface area contributed by atoms with Crippen molar-refractivity contribution in [3.8, 4) is 11.3 Å². The number of hydrogen-bond donors (Lipinski definition) is 1. The van der Waals surface area contributed by atoms with Crippen LogP contribution >= 0.6 is 0 Å². The number of nitrogens with zero attached hydrogens (tertiary/aromatic N) is 1. The van der Waals surface area contributed by atoms with Gasteiger partial charge in [-0.05, 0) is 31.2 Å². The second kappa shape index (κ2) is 4.10. The average molecular weight is 214 g/mol. The molecule has 0 aliphatic rings. The fraction of sp³-hybridized carbons (Fsp3) is 0.0833. The monoisotopic (exact) mass is 214 g/mol. The first-order chi connectivity index (χ1) is 7.68. The van der Waals surface area contributed by atoms with Crippen LogP contribution in [0.25, 0.3) is 11.3 Å². The molecule has 0 bridgehead atoms. The fourth-order valence-electron chi connectivity index (χ4n) is 1.45. The van der Waals surface area contributed by atoms with Gasteiger partial charge < -0.3 is 4.98 Å². The number of carbonyl (C=O) groups is 1. The van der Waals surface area contributed by atoms with Crippen molar-refractivity contribution >= 4 is 5.78 Å². The first-order valence-corrected chi connectivity index (χ1v) is 4.83. The molecule has 0 fully saturated rings. The van der Waals surface area contributed by atoms with Gasteiger partial charge in [0.15, 0.2) is 5.78 Å². The highest BCUT2D eigenvalue weighted by Gasteiger charge is 2.06. The zero-order valence-corrected chi connectivity index (χ0v) is 8.73. The summed E-state index contributed by atoms with van der Waals surface area (Å²) in [6.07, 6.45) is 3.29. The summed E-state index contributed by atoms with van der Waals surface area (Å²) in [5.74, 6) is -0.234. The molecule has 0 aliphatic carbocycles. The van der Waals surface area contributed by atoms with Crippen LogP contribution in [0.4, 0.5) is 0 Å². The molecule has 2 heterocycles. The van der Waals surface area contributed by atoms with Gasteiger partial charge in [-0.1, -0.05) is 0 Å². The maximum atomic E-state index is 11.6. The van der Waals surface area contributed by atoms with E-state index in [1.54, 1.807) is 30.6 Å². The minimum absolute atomic E-state index is 0.179. The fourth-order valence-corrected chi connectivity index (χ4v) is 1.45. The Morgan fingerprint density at radius 1 is 1.19 bits per heavy atom. The molecule has 0 saturated heterocycles. The number of Topliss-reactive ketones (excluding diaryl/α,β-unsaturated/α-hetero) is 1. The van der Waals surface area contributed by atoms with Crippen molar-refractivity contribution < 1.29 is 4.79 Å². The molecular formula is C12H10N2O2. The van der Waals surface area contributed by atoms with Crippen molar-refractivity contribution in [1.29, 1.82) is 0 Å². The third kappa shape index (κ3) is 1.91. The van der Waals surface area contributed by atoms with Crippen LogP contribution in [0, 0.1) is 0 Å². The quantitative estimate of drug-likeness (QED) is 0.773. The molecule has 16 heavy (non-hydrogen) atoms. The van der Waals surface area contributed by atoms with E-state index in [0.29, 0.717) is 5.69 Å². The Hall–Kier alpha value is -2.23. The number of ketones is 1. The highest BCUT2D eigenvalue weighted by molar-refractivity contribution is 5.93. The molecule has 0 saturated carbocycles. The SMILES string of the molecule is CC(=O)c1ccc(-c2ccncc2)[nH]c1=O. The van der Waals surface area contributed by atoms with Crippen LogP contribution in [0.2, 0.25) is 0 Å². The standard InChI is InChI=1S/C12H10N2O2/c1-8(15)10-2-3-11(14-12(10)16)9-4-6-13-7-5-9/h2-7H,1H3,(H,14,16). The van der Waals surface area contributed by atoms with E-state index >= 15 is 0 Å². The molecule has 4 heteroatoms. The van der Waals surface area contributed by atoms with Gasteiger partial charge in [-0.3, -0.25) is 14.6 Å². The van der Waals surface area contributed by atoms with E-state index in [-0.39, 0.29) is 16.9 Å². The van der Waals surface area contributed by atoms with Gasteiger partial charge in [-0.25, -0.2) is 0 Å². The molecule has 0 aromatic carbocycles. The number of aromatic amines is 1. The second-order valence-corrected chi connectivity index (χ2v) is 3.41. The highest BCUT2D eigenvalue weighted by atomic mass is 16.1. The third-order valence-corrected chi connectivity index (χ3v) is 2.28. The van der Waals surface area contributed by atoms with E-state index in [1.165, 1.54) is 13.0 Å². The summed E-state index contributed by atoms with van der Waals surface area (Å²) in [5.41, 5.74) is 1.36. The zero-order chi connectivity index (χ0) is 11.5. The second-order valence-electron chi connectivity index (χ2n) is 3.41. The van der Waals surface area contributed by atoms with Crippen molar-refractivity contribution in [2.45, 2.75) is 6.92 Å². The Morgan fingerprint density at radius 3 is 2.44 bits per heavy atom. The maximum Gasteiger partial charge on any atom is 0.259 e. The molecule has 1 N–H and O–H groups in total. The van der Waals surface area contributed by atoms with Crippen molar-refractivity contribution in [2.75, 3.05) is 0 Å². The van der Waals surface area contributed by atoms with Crippen molar-refractivity contribution in [3.63, 3.8) is 0 Å². The van der Waals surface area contributed by atoms with Crippen LogP contribution in [-0.2, 0) is 0 Å². The summed E-state index contributed by atoms with van der Waals surface area (Å²) in [4.78, 5) is 29.2. The predicted octanol–water partition coefficient (Wildman–Crippen LogP) is 1.64. The molecule has 2 aromatic heterocycles. The Labute approximate surface area is 92.0 Å². The number of pyridine rings is 2. The van der Waals surface area contributed by atoms with Gasteiger partial charge in [-0.15, -0.1) is 0 Å². The summed E-state index contributed by atoms with van der Waals surface area (Å²) in [7, 11) is 0. The lowest BCUT2D eigenvalue weighted by molar-refractivity contribution is 0.101. The van der Waals surface area contributed by atoms with Gasteiger partial charge in [-0.2, -0.15) is 0 Å². The number of nitrogens with one attached hydrogen (secondary N) is 1. The summed E-state index contributed by atoms with van der Waals surface area (Å²) in [6, 6.07) is 6.84. The van der Waals surface area contributed by atoms with Gasteiger partial charge in [0, 0.05) is 23.7 Å². The zero-order valence-electron chi connectivity index (χ0n) is 8.73. The van der Waals surface area contributed by atoms with Crippen LogP contribution in [0.3, 0.4) is 0 Å². The molecule has 0 aliphatic heterocycles. The van der Waals surface area contributed by atoms with Gasteiger partial charge >= 0.3 is 0 Å². The minimum atomic E-state index is -0.359. The molecule has 0 spiro atoms. The number of carbonyl (C=O) groups excluding carboxylic acids is 1. The van der Waals surface area contributed by atoms with Crippen LogP contribution in [0.1, 0.15) is 17.3 Å². The van der Waals surface area contributed by atoms with Crippen molar-refractivity contribution in [3.05, 3.63) is 52.6 Å². The largest absolute Gasteiger partial charge is 0.321 e. The minimum Gasteiger partial charge on any atom is -0.321 e. The smallest absolute Gasteiger partial charge is 0.259 e.